The number of halogens is 1. The number of benzene rings is 1. The van der Waals surface area contributed by atoms with Crippen LogP contribution in [0.25, 0.3) is 0 Å². The van der Waals surface area contributed by atoms with Crippen LogP contribution in [-0.2, 0) is 0 Å². The first-order valence-electron chi connectivity index (χ1n) is 3.59. The van der Waals surface area contributed by atoms with Gasteiger partial charge in [-0.3, -0.25) is 9.21 Å². The molecule has 0 spiro atoms. The summed E-state index contributed by atoms with van der Waals surface area (Å²) in [5.41, 5.74) is 1.39. The lowest BCUT2D eigenvalue weighted by Gasteiger charge is -2.24. The quantitative estimate of drug-likeness (QED) is 0.615. The van der Waals surface area contributed by atoms with Crippen molar-refractivity contribution in [3.05, 3.63) is 29.8 Å². The van der Waals surface area contributed by atoms with Gasteiger partial charge in [-0.2, -0.15) is 0 Å². The Bertz CT molecular complexity index is 327. The van der Waals surface area contributed by atoms with Crippen LogP contribution >= 0.6 is 11.8 Å². The Morgan fingerprint density at radius 3 is 2.92 bits per heavy atom. The molecule has 3 nitrogen and oxygen atoms in total. The number of hydrogen-bond acceptors (Lipinski definition) is 2. The Morgan fingerprint density at radius 1 is 1.42 bits per heavy atom. The molecule has 0 saturated carbocycles. The van der Waals surface area contributed by atoms with Crippen molar-refractivity contribution in [3.63, 3.8) is 0 Å². The van der Waals surface area contributed by atoms with Crippen molar-refractivity contribution in [1.82, 2.24) is 5.32 Å². The molecule has 62 valence electrons. The molecular formula is C8H7ClN2O. The molecule has 1 N–H and O–H groups in total. The van der Waals surface area contributed by atoms with Crippen molar-refractivity contribution >= 4 is 23.4 Å². The molecule has 4 heteroatoms. The average molecular weight is 183 g/mol. The highest BCUT2D eigenvalue weighted by molar-refractivity contribution is 6.27. The Hall–Kier alpha value is -1.22. The van der Waals surface area contributed by atoms with Gasteiger partial charge in [-0.05, 0) is 12.1 Å². The van der Waals surface area contributed by atoms with E-state index in [2.05, 4.69) is 5.32 Å². The van der Waals surface area contributed by atoms with E-state index in [4.69, 9.17) is 11.8 Å². The minimum atomic E-state index is -0.0671. The maximum absolute atomic E-state index is 11.2. The molecule has 0 radical (unpaired) electrons. The molecule has 0 saturated heterocycles. The van der Waals surface area contributed by atoms with Crippen LogP contribution in [0, 0.1) is 0 Å². The number of carbonyl (C=O) groups is 1. The highest BCUT2D eigenvalue weighted by Gasteiger charge is 2.19. The smallest absolute Gasteiger partial charge is 0.254 e. The minimum Gasteiger partial charge on any atom is -0.333 e. The van der Waals surface area contributed by atoms with Crippen LogP contribution in [0.5, 0.6) is 0 Å². The molecule has 1 heterocycles. The number of fused-ring (bicyclic) bond motifs is 1. The molecule has 12 heavy (non-hydrogen) atoms. The molecule has 0 bridgehead atoms. The zero-order chi connectivity index (χ0) is 8.55. The van der Waals surface area contributed by atoms with Gasteiger partial charge in [-0.1, -0.05) is 12.1 Å². The van der Waals surface area contributed by atoms with Gasteiger partial charge in [0.1, 0.15) is 6.67 Å². The fourth-order valence-corrected chi connectivity index (χ4v) is 1.41. The second kappa shape index (κ2) is 2.68. The summed E-state index contributed by atoms with van der Waals surface area (Å²) in [5.74, 6) is -0.0671. The maximum Gasteiger partial charge on any atom is 0.254 e. The molecule has 1 aliphatic heterocycles. The fourth-order valence-electron chi connectivity index (χ4n) is 1.20. The summed E-state index contributed by atoms with van der Waals surface area (Å²) in [4.78, 5) is 11.2. The first-order valence-corrected chi connectivity index (χ1v) is 3.93. The summed E-state index contributed by atoms with van der Waals surface area (Å²) in [7, 11) is 0. The number of nitrogens with one attached hydrogen (secondary N) is 1. The van der Waals surface area contributed by atoms with Gasteiger partial charge >= 0.3 is 0 Å². The van der Waals surface area contributed by atoms with Crippen molar-refractivity contribution in [3.8, 4) is 0 Å². The predicted octanol–water partition coefficient (Wildman–Crippen LogP) is 1.35. The van der Waals surface area contributed by atoms with Crippen molar-refractivity contribution in [2.75, 3.05) is 11.1 Å². The van der Waals surface area contributed by atoms with E-state index in [1.807, 2.05) is 18.2 Å². The van der Waals surface area contributed by atoms with Crippen LogP contribution in [0.4, 0.5) is 5.69 Å². The van der Waals surface area contributed by atoms with Gasteiger partial charge in [0, 0.05) is 11.8 Å². The van der Waals surface area contributed by atoms with Gasteiger partial charge in [-0.15, -0.1) is 0 Å². The summed E-state index contributed by atoms with van der Waals surface area (Å²) >= 11 is 5.83. The third-order valence-electron chi connectivity index (χ3n) is 1.79. The minimum absolute atomic E-state index is 0.0671. The zero-order valence-electron chi connectivity index (χ0n) is 6.25. The summed E-state index contributed by atoms with van der Waals surface area (Å²) in [6.07, 6.45) is 0. The van der Waals surface area contributed by atoms with E-state index in [1.165, 1.54) is 4.42 Å². The summed E-state index contributed by atoms with van der Waals surface area (Å²) < 4.78 is 1.48. The first-order chi connectivity index (χ1) is 5.79. The number of amides is 1. The van der Waals surface area contributed by atoms with E-state index in [0.29, 0.717) is 12.2 Å². The van der Waals surface area contributed by atoms with Crippen molar-refractivity contribution in [1.29, 1.82) is 0 Å². The van der Waals surface area contributed by atoms with Crippen molar-refractivity contribution in [2.24, 2.45) is 0 Å². The fraction of sp³-hybridized carbons (Fsp3) is 0.125. The van der Waals surface area contributed by atoms with Crippen LogP contribution in [0.15, 0.2) is 24.3 Å². The number of rotatable bonds is 0. The van der Waals surface area contributed by atoms with Crippen LogP contribution in [-0.4, -0.2) is 12.6 Å². The SMILES string of the molecule is O=C1NCN(Cl)c2ccccc21. The molecule has 1 amide bonds. The third-order valence-corrected chi connectivity index (χ3v) is 2.09. The average Bonchev–Trinajstić information content (AvgIpc) is 2.12. The van der Waals surface area contributed by atoms with Gasteiger partial charge in [0.2, 0.25) is 0 Å². The molecule has 0 unspecified atom stereocenters. The number of hydrogen-bond donors (Lipinski definition) is 1. The van der Waals surface area contributed by atoms with Crippen LogP contribution in [0.3, 0.4) is 0 Å². The Morgan fingerprint density at radius 2 is 2.17 bits per heavy atom. The maximum atomic E-state index is 11.2. The highest BCUT2D eigenvalue weighted by Crippen LogP contribution is 2.23. The van der Waals surface area contributed by atoms with Gasteiger partial charge in [0.15, 0.2) is 0 Å². The number of carbonyl (C=O) groups excluding carboxylic acids is 1. The molecule has 2 rings (SSSR count). The van der Waals surface area contributed by atoms with E-state index >= 15 is 0 Å². The summed E-state index contributed by atoms with van der Waals surface area (Å²) in [6.45, 7) is 0.359. The lowest BCUT2D eigenvalue weighted by molar-refractivity contribution is 0.0950. The highest BCUT2D eigenvalue weighted by atomic mass is 35.5. The van der Waals surface area contributed by atoms with Crippen molar-refractivity contribution in [2.45, 2.75) is 0 Å². The Balaban J connectivity index is 2.55. The molecule has 0 atom stereocenters. The molecular weight excluding hydrogens is 176 g/mol. The van der Waals surface area contributed by atoms with E-state index in [-0.39, 0.29) is 5.91 Å². The van der Waals surface area contributed by atoms with E-state index in [1.54, 1.807) is 6.07 Å². The van der Waals surface area contributed by atoms with Crippen LogP contribution in [0.1, 0.15) is 10.4 Å². The van der Waals surface area contributed by atoms with Gasteiger partial charge in [-0.25, -0.2) is 0 Å². The largest absolute Gasteiger partial charge is 0.333 e. The molecule has 1 aromatic rings. The zero-order valence-corrected chi connectivity index (χ0v) is 7.01. The lowest BCUT2D eigenvalue weighted by Crippen LogP contribution is -2.38. The topological polar surface area (TPSA) is 32.3 Å². The Labute approximate surface area is 75.0 Å². The van der Waals surface area contributed by atoms with Gasteiger partial charge in [0.25, 0.3) is 5.91 Å². The Kier molecular flexibility index (Phi) is 1.66. The second-order valence-electron chi connectivity index (χ2n) is 2.54. The molecule has 1 aliphatic rings. The first kappa shape index (κ1) is 7.43. The van der Waals surface area contributed by atoms with Crippen LogP contribution < -0.4 is 9.74 Å². The molecule has 0 fully saturated rings. The number of anilines is 1. The lowest BCUT2D eigenvalue weighted by atomic mass is 10.1. The van der Waals surface area contributed by atoms with E-state index in [0.717, 1.165) is 5.69 Å². The second-order valence-corrected chi connectivity index (χ2v) is 2.95. The summed E-state index contributed by atoms with van der Waals surface area (Å²) in [6, 6.07) is 7.24. The van der Waals surface area contributed by atoms with E-state index in [9.17, 15) is 4.79 Å². The third kappa shape index (κ3) is 1.02. The van der Waals surface area contributed by atoms with Crippen LogP contribution in [0.2, 0.25) is 0 Å². The van der Waals surface area contributed by atoms with Crippen molar-refractivity contribution < 1.29 is 4.79 Å². The number of para-hydroxylation sites is 1. The predicted molar refractivity (Wildman–Crippen MR) is 47.1 cm³/mol. The normalized spacial score (nSPS) is 15.4. The molecule has 0 aliphatic carbocycles. The standard InChI is InChI=1S/C8H7ClN2O/c9-11-5-10-8(12)6-3-1-2-4-7(6)11/h1-4H,5H2,(H,10,12). The number of nitrogens with zero attached hydrogens (tertiary/aromatic N) is 1. The van der Waals surface area contributed by atoms with Gasteiger partial charge < -0.3 is 5.32 Å². The van der Waals surface area contributed by atoms with E-state index < -0.39 is 0 Å². The molecule has 0 aromatic heterocycles. The monoisotopic (exact) mass is 182 g/mol. The molecule has 1 aromatic carbocycles. The summed E-state index contributed by atoms with van der Waals surface area (Å²) in [5, 5.41) is 2.64. The van der Waals surface area contributed by atoms with Gasteiger partial charge in [0.05, 0.1) is 11.3 Å².